The van der Waals surface area contributed by atoms with Crippen LogP contribution in [0.2, 0.25) is 0 Å². The van der Waals surface area contributed by atoms with E-state index >= 15 is 0 Å². The van der Waals surface area contributed by atoms with Gasteiger partial charge in [-0.1, -0.05) is 38.1 Å². The number of hydrogen-bond acceptors (Lipinski definition) is 2. The van der Waals surface area contributed by atoms with Crippen LogP contribution in [0, 0.1) is 13.8 Å². The lowest BCUT2D eigenvalue weighted by atomic mass is 9.99. The highest BCUT2D eigenvalue weighted by molar-refractivity contribution is 7.80. The minimum absolute atomic E-state index is 0.0519. The summed E-state index contributed by atoms with van der Waals surface area (Å²) >= 11 is 5.91. The maximum atomic E-state index is 5.91. The van der Waals surface area contributed by atoms with E-state index in [2.05, 4.69) is 109 Å². The van der Waals surface area contributed by atoms with Gasteiger partial charge in [0.05, 0.1) is 11.7 Å². The molecule has 2 aromatic carbocycles. The highest BCUT2D eigenvalue weighted by atomic mass is 32.1. The zero-order valence-electron chi connectivity index (χ0n) is 20.1. The Kier molecular flexibility index (Phi) is 5.96. The first-order valence-corrected chi connectivity index (χ1v) is 12.2. The summed E-state index contributed by atoms with van der Waals surface area (Å²) in [7, 11) is 0. The summed E-state index contributed by atoms with van der Waals surface area (Å²) in [6, 6.07) is 25.6. The topological polar surface area (TPSA) is 33.1 Å². The van der Waals surface area contributed by atoms with Crippen molar-refractivity contribution in [1.29, 1.82) is 0 Å². The third kappa shape index (κ3) is 4.01. The van der Waals surface area contributed by atoms with Gasteiger partial charge in [-0.2, -0.15) is 0 Å². The molecule has 5 rings (SSSR count). The molecule has 1 N–H and O–H groups in total. The largest absolute Gasteiger partial charge is 0.351 e. The Balaban J connectivity index is 1.64. The lowest BCUT2D eigenvalue weighted by Crippen LogP contribution is -2.30. The number of aryl methyl sites for hydroxylation is 2. The summed E-state index contributed by atoms with van der Waals surface area (Å²) in [4.78, 5) is 6.93. The van der Waals surface area contributed by atoms with Gasteiger partial charge >= 0.3 is 0 Å². The first-order chi connectivity index (χ1) is 16.4. The fourth-order valence-electron chi connectivity index (χ4n) is 4.70. The Bertz CT molecular complexity index is 1310. The number of nitrogens with one attached hydrogen (secondary N) is 1. The van der Waals surface area contributed by atoms with Crippen molar-refractivity contribution in [2.45, 2.75) is 45.7 Å². The molecule has 0 amide bonds. The van der Waals surface area contributed by atoms with Gasteiger partial charge in [0.25, 0.3) is 0 Å². The highest BCUT2D eigenvalue weighted by Gasteiger charge is 2.42. The van der Waals surface area contributed by atoms with E-state index in [0.29, 0.717) is 11.0 Å². The fourth-order valence-corrected chi connectivity index (χ4v) is 5.04. The smallest absolute Gasteiger partial charge is 0.174 e. The van der Waals surface area contributed by atoms with Crippen LogP contribution in [0.5, 0.6) is 0 Å². The van der Waals surface area contributed by atoms with E-state index in [4.69, 9.17) is 17.2 Å². The molecule has 0 aliphatic carbocycles. The Morgan fingerprint density at radius 1 is 0.882 bits per heavy atom. The number of nitrogens with zero attached hydrogens (tertiary/aromatic N) is 3. The van der Waals surface area contributed by atoms with Crippen molar-refractivity contribution in [3.8, 4) is 5.69 Å². The molecule has 2 atom stereocenters. The summed E-state index contributed by atoms with van der Waals surface area (Å²) in [5, 5.41) is 4.29. The van der Waals surface area contributed by atoms with Crippen LogP contribution in [0.25, 0.3) is 5.69 Å². The van der Waals surface area contributed by atoms with E-state index in [1.807, 2.05) is 18.3 Å². The minimum Gasteiger partial charge on any atom is -0.351 e. The van der Waals surface area contributed by atoms with Gasteiger partial charge < -0.3 is 14.8 Å². The summed E-state index contributed by atoms with van der Waals surface area (Å²) in [6.45, 7) is 8.74. The number of hydrogen-bond donors (Lipinski definition) is 1. The van der Waals surface area contributed by atoms with Crippen LogP contribution in [0.4, 0.5) is 5.69 Å². The third-order valence-electron chi connectivity index (χ3n) is 6.79. The molecule has 0 spiro atoms. The van der Waals surface area contributed by atoms with Gasteiger partial charge in [-0.15, -0.1) is 0 Å². The van der Waals surface area contributed by atoms with Crippen molar-refractivity contribution >= 4 is 23.0 Å². The van der Waals surface area contributed by atoms with Crippen molar-refractivity contribution < 1.29 is 0 Å². The van der Waals surface area contributed by atoms with Crippen molar-refractivity contribution in [3.05, 3.63) is 113 Å². The Labute approximate surface area is 207 Å². The van der Waals surface area contributed by atoms with Gasteiger partial charge in [0, 0.05) is 29.5 Å². The van der Waals surface area contributed by atoms with Crippen LogP contribution in [0.15, 0.2) is 85.2 Å². The molecule has 3 heterocycles. The SMILES string of the molecule is Cc1ccc(-n2cccc2[C@@H]2[C@H](c3ccccn3)NC(=S)N2c2ccc(C(C)C)cc2)cc1C. The molecule has 1 aliphatic rings. The molecule has 172 valence electrons. The van der Waals surface area contributed by atoms with Crippen molar-refractivity contribution in [3.63, 3.8) is 0 Å². The molecule has 0 unspecified atom stereocenters. The van der Waals surface area contributed by atoms with E-state index in [9.17, 15) is 0 Å². The van der Waals surface area contributed by atoms with E-state index in [1.54, 1.807) is 0 Å². The minimum atomic E-state index is -0.0707. The lowest BCUT2D eigenvalue weighted by Gasteiger charge is -2.29. The molecule has 0 radical (unpaired) electrons. The van der Waals surface area contributed by atoms with Crippen LogP contribution in [0.1, 0.15) is 59.9 Å². The van der Waals surface area contributed by atoms with Crippen LogP contribution in [0.3, 0.4) is 0 Å². The number of anilines is 1. The predicted octanol–water partition coefficient (Wildman–Crippen LogP) is 6.79. The van der Waals surface area contributed by atoms with Crippen LogP contribution in [-0.2, 0) is 0 Å². The second-order valence-corrected chi connectivity index (χ2v) is 9.70. The van der Waals surface area contributed by atoms with E-state index in [-0.39, 0.29) is 12.1 Å². The fraction of sp³-hybridized carbons (Fsp3) is 0.241. The number of thiocarbonyl (C=S) groups is 1. The molecule has 4 aromatic rings. The Hall–Kier alpha value is -3.44. The van der Waals surface area contributed by atoms with Gasteiger partial charge in [0.1, 0.15) is 6.04 Å². The molecule has 1 aliphatic heterocycles. The first kappa shape index (κ1) is 22.4. The van der Waals surface area contributed by atoms with Gasteiger partial charge in [-0.3, -0.25) is 4.98 Å². The lowest BCUT2D eigenvalue weighted by molar-refractivity contribution is 0.549. The summed E-state index contributed by atoms with van der Waals surface area (Å²) in [5.41, 5.74) is 8.26. The van der Waals surface area contributed by atoms with E-state index in [1.165, 1.54) is 22.4 Å². The normalized spacial score (nSPS) is 17.9. The average Bonchev–Trinajstić information content (AvgIpc) is 3.45. The number of pyridine rings is 1. The molecule has 5 heteroatoms. The molecule has 34 heavy (non-hydrogen) atoms. The average molecular weight is 467 g/mol. The zero-order valence-corrected chi connectivity index (χ0v) is 20.9. The molecule has 4 nitrogen and oxygen atoms in total. The van der Waals surface area contributed by atoms with Gasteiger partial charge in [0.2, 0.25) is 0 Å². The standard InChI is InChI=1S/C29H30N4S/c1-19(2)22-11-14-23(15-12-22)33-28(27(31-29(33)34)25-8-5-6-16-30-25)26-9-7-17-32(26)24-13-10-20(3)21(4)18-24/h5-19,27-28H,1-4H3,(H,31,34)/t27-,28+/m0/s1. The summed E-state index contributed by atoms with van der Waals surface area (Å²) in [6.07, 6.45) is 3.98. The highest BCUT2D eigenvalue weighted by Crippen LogP contribution is 2.42. The zero-order chi connectivity index (χ0) is 23.8. The van der Waals surface area contributed by atoms with E-state index < -0.39 is 0 Å². The molecule has 2 aromatic heterocycles. The number of rotatable bonds is 5. The van der Waals surface area contributed by atoms with Gasteiger partial charge in [-0.25, -0.2) is 0 Å². The molecule has 1 fully saturated rings. The second-order valence-electron chi connectivity index (χ2n) is 9.31. The molecule has 1 saturated heterocycles. The molecule has 0 bridgehead atoms. The van der Waals surface area contributed by atoms with Gasteiger partial charge in [-0.05, 0) is 97.2 Å². The molecule has 0 saturated carbocycles. The maximum Gasteiger partial charge on any atom is 0.174 e. The molecular formula is C29H30N4S. The monoisotopic (exact) mass is 466 g/mol. The van der Waals surface area contributed by atoms with Crippen LogP contribution >= 0.6 is 12.2 Å². The van der Waals surface area contributed by atoms with Crippen molar-refractivity contribution in [2.24, 2.45) is 0 Å². The van der Waals surface area contributed by atoms with E-state index in [0.717, 1.165) is 17.1 Å². The van der Waals surface area contributed by atoms with Gasteiger partial charge in [0.15, 0.2) is 5.11 Å². The summed E-state index contributed by atoms with van der Waals surface area (Å²) < 4.78 is 2.28. The summed E-state index contributed by atoms with van der Waals surface area (Å²) in [5.74, 6) is 0.483. The number of aromatic nitrogens is 2. The first-order valence-electron chi connectivity index (χ1n) is 11.8. The maximum absolute atomic E-state index is 5.91. The Morgan fingerprint density at radius 2 is 1.65 bits per heavy atom. The van der Waals surface area contributed by atoms with Crippen molar-refractivity contribution in [2.75, 3.05) is 4.90 Å². The van der Waals surface area contributed by atoms with Crippen molar-refractivity contribution in [1.82, 2.24) is 14.9 Å². The third-order valence-corrected chi connectivity index (χ3v) is 7.10. The Morgan fingerprint density at radius 3 is 2.32 bits per heavy atom. The second kappa shape index (κ2) is 9.07. The quantitative estimate of drug-likeness (QED) is 0.328. The molecular weight excluding hydrogens is 436 g/mol. The number of benzene rings is 2. The predicted molar refractivity (Wildman–Crippen MR) is 144 cm³/mol. The van der Waals surface area contributed by atoms with Crippen LogP contribution in [-0.4, -0.2) is 14.7 Å². The van der Waals surface area contributed by atoms with Crippen LogP contribution < -0.4 is 10.2 Å².